The largest absolute Gasteiger partial charge is 0.478 e. The van der Waals surface area contributed by atoms with Crippen LogP contribution in [0, 0.1) is 6.92 Å². The van der Waals surface area contributed by atoms with Crippen LogP contribution in [-0.2, 0) is 6.54 Å². The third-order valence-electron chi connectivity index (χ3n) is 2.40. The molecule has 2 rings (SSSR count). The van der Waals surface area contributed by atoms with Crippen LogP contribution in [-0.4, -0.2) is 16.2 Å². The number of aromatic nitrogens is 1. The molecule has 4 N–H and O–H groups in total. The van der Waals surface area contributed by atoms with Crippen molar-refractivity contribution in [3.8, 4) is 0 Å². The lowest BCUT2D eigenvalue weighted by atomic mass is 10.1. The van der Waals surface area contributed by atoms with E-state index in [2.05, 4.69) is 10.5 Å². The Morgan fingerprint density at radius 2 is 2.28 bits per heavy atom. The van der Waals surface area contributed by atoms with E-state index in [4.69, 9.17) is 15.4 Å². The SMILES string of the molecule is Cc1cc(CNc2cc(N)ccc2C(=O)O)on1. The minimum Gasteiger partial charge on any atom is -0.478 e. The maximum absolute atomic E-state index is 11.0. The van der Waals surface area contributed by atoms with Crippen molar-refractivity contribution in [3.63, 3.8) is 0 Å². The van der Waals surface area contributed by atoms with E-state index >= 15 is 0 Å². The second-order valence-electron chi connectivity index (χ2n) is 3.90. The van der Waals surface area contributed by atoms with Gasteiger partial charge in [-0.3, -0.25) is 0 Å². The number of nitrogens with two attached hydrogens (primary N) is 1. The van der Waals surface area contributed by atoms with Gasteiger partial charge in [0.25, 0.3) is 0 Å². The number of carbonyl (C=O) groups is 1. The molecule has 0 unspecified atom stereocenters. The number of carboxylic acid groups (broad SMARTS) is 1. The molecule has 6 heteroatoms. The Kier molecular flexibility index (Phi) is 3.18. The van der Waals surface area contributed by atoms with Crippen molar-refractivity contribution >= 4 is 17.3 Å². The smallest absolute Gasteiger partial charge is 0.337 e. The molecule has 0 fully saturated rings. The van der Waals surface area contributed by atoms with Crippen LogP contribution in [0.25, 0.3) is 0 Å². The number of aryl methyl sites for hydroxylation is 1. The lowest BCUT2D eigenvalue weighted by Gasteiger charge is -2.08. The van der Waals surface area contributed by atoms with Crippen molar-refractivity contribution in [1.29, 1.82) is 0 Å². The number of nitrogens with zero attached hydrogens (tertiary/aromatic N) is 1. The molecule has 0 bridgehead atoms. The third kappa shape index (κ3) is 2.60. The lowest BCUT2D eigenvalue weighted by molar-refractivity contribution is 0.0698. The average molecular weight is 247 g/mol. The summed E-state index contributed by atoms with van der Waals surface area (Å²) in [5.74, 6) is -0.377. The van der Waals surface area contributed by atoms with Gasteiger partial charge in [0, 0.05) is 11.8 Å². The Balaban J connectivity index is 2.17. The highest BCUT2D eigenvalue weighted by atomic mass is 16.5. The van der Waals surface area contributed by atoms with Crippen LogP contribution in [0.5, 0.6) is 0 Å². The van der Waals surface area contributed by atoms with Crippen molar-refractivity contribution in [1.82, 2.24) is 5.16 Å². The second kappa shape index (κ2) is 4.79. The fourth-order valence-corrected chi connectivity index (χ4v) is 1.58. The summed E-state index contributed by atoms with van der Waals surface area (Å²) in [6.07, 6.45) is 0. The van der Waals surface area contributed by atoms with Crippen LogP contribution >= 0.6 is 0 Å². The number of nitrogen functional groups attached to an aromatic ring is 1. The van der Waals surface area contributed by atoms with E-state index in [0.29, 0.717) is 23.7 Å². The Labute approximate surface area is 103 Å². The zero-order valence-corrected chi connectivity index (χ0v) is 9.80. The average Bonchev–Trinajstić information content (AvgIpc) is 2.72. The molecule has 0 aliphatic carbocycles. The van der Waals surface area contributed by atoms with Crippen molar-refractivity contribution in [2.24, 2.45) is 0 Å². The first kappa shape index (κ1) is 12.0. The molecular formula is C12H13N3O3. The topological polar surface area (TPSA) is 101 Å². The second-order valence-corrected chi connectivity index (χ2v) is 3.90. The van der Waals surface area contributed by atoms with E-state index in [1.807, 2.05) is 6.92 Å². The molecule has 1 aromatic carbocycles. The molecule has 1 aromatic heterocycles. The Bertz CT molecular complexity index is 578. The number of benzene rings is 1. The summed E-state index contributed by atoms with van der Waals surface area (Å²) < 4.78 is 5.03. The zero-order valence-electron chi connectivity index (χ0n) is 9.80. The Morgan fingerprint density at radius 3 is 2.89 bits per heavy atom. The first-order valence-electron chi connectivity index (χ1n) is 5.35. The summed E-state index contributed by atoms with van der Waals surface area (Å²) in [4.78, 5) is 11.0. The van der Waals surface area contributed by atoms with E-state index in [1.54, 1.807) is 18.2 Å². The number of hydrogen-bond acceptors (Lipinski definition) is 5. The standard InChI is InChI=1S/C12H13N3O3/c1-7-4-9(18-15-7)6-14-11-5-8(13)2-3-10(11)12(16)17/h2-5,14H,6,13H2,1H3,(H,16,17). The first-order chi connectivity index (χ1) is 8.56. The molecule has 18 heavy (non-hydrogen) atoms. The maximum Gasteiger partial charge on any atom is 0.337 e. The summed E-state index contributed by atoms with van der Waals surface area (Å²) in [6, 6.07) is 6.37. The maximum atomic E-state index is 11.0. The number of aromatic carboxylic acids is 1. The van der Waals surface area contributed by atoms with Gasteiger partial charge in [0.15, 0.2) is 5.76 Å². The van der Waals surface area contributed by atoms with Crippen molar-refractivity contribution in [2.75, 3.05) is 11.1 Å². The summed E-state index contributed by atoms with van der Waals surface area (Å²) in [5, 5.41) is 15.8. The van der Waals surface area contributed by atoms with Crippen LogP contribution in [0.3, 0.4) is 0 Å². The van der Waals surface area contributed by atoms with Gasteiger partial charge in [-0.05, 0) is 25.1 Å². The molecule has 0 saturated heterocycles. The highest BCUT2D eigenvalue weighted by Gasteiger charge is 2.10. The number of nitrogens with one attached hydrogen (secondary N) is 1. The molecule has 6 nitrogen and oxygen atoms in total. The lowest BCUT2D eigenvalue weighted by Crippen LogP contribution is -2.06. The van der Waals surface area contributed by atoms with Gasteiger partial charge in [0.05, 0.1) is 23.5 Å². The quantitative estimate of drug-likeness (QED) is 0.713. The summed E-state index contributed by atoms with van der Waals surface area (Å²) >= 11 is 0. The zero-order chi connectivity index (χ0) is 13.1. The van der Waals surface area contributed by atoms with E-state index in [9.17, 15) is 4.79 Å². The Hall–Kier alpha value is -2.50. The van der Waals surface area contributed by atoms with Crippen LogP contribution in [0.15, 0.2) is 28.8 Å². The minimum atomic E-state index is -1.01. The molecule has 2 aromatic rings. The van der Waals surface area contributed by atoms with Gasteiger partial charge in [0.2, 0.25) is 0 Å². The summed E-state index contributed by atoms with van der Waals surface area (Å²) in [6.45, 7) is 2.17. The van der Waals surface area contributed by atoms with E-state index in [-0.39, 0.29) is 5.56 Å². The molecule has 0 amide bonds. The predicted molar refractivity (Wildman–Crippen MR) is 66.4 cm³/mol. The van der Waals surface area contributed by atoms with Gasteiger partial charge in [-0.15, -0.1) is 0 Å². The van der Waals surface area contributed by atoms with Crippen LogP contribution < -0.4 is 11.1 Å². The predicted octanol–water partition coefficient (Wildman–Crippen LogP) is 1.88. The van der Waals surface area contributed by atoms with E-state index in [0.717, 1.165) is 5.69 Å². The molecule has 0 aliphatic rings. The van der Waals surface area contributed by atoms with Gasteiger partial charge in [0.1, 0.15) is 0 Å². The van der Waals surface area contributed by atoms with Gasteiger partial charge in [-0.2, -0.15) is 0 Å². The number of rotatable bonds is 4. The molecule has 1 heterocycles. The number of carboxylic acids is 1. The summed E-state index contributed by atoms with van der Waals surface area (Å²) in [5.41, 5.74) is 7.53. The molecule has 0 atom stereocenters. The minimum absolute atomic E-state index is 0.167. The first-order valence-corrected chi connectivity index (χ1v) is 5.35. The van der Waals surface area contributed by atoms with Crippen molar-refractivity contribution < 1.29 is 14.4 Å². The monoisotopic (exact) mass is 247 g/mol. The van der Waals surface area contributed by atoms with Gasteiger partial charge in [-0.1, -0.05) is 5.16 Å². The van der Waals surface area contributed by atoms with Gasteiger partial charge < -0.3 is 20.7 Å². The normalized spacial score (nSPS) is 10.3. The van der Waals surface area contributed by atoms with Gasteiger partial charge in [-0.25, -0.2) is 4.79 Å². The van der Waals surface area contributed by atoms with Crippen LogP contribution in [0.1, 0.15) is 21.8 Å². The van der Waals surface area contributed by atoms with E-state index in [1.165, 1.54) is 6.07 Å². The number of hydrogen-bond donors (Lipinski definition) is 3. The van der Waals surface area contributed by atoms with Crippen molar-refractivity contribution in [3.05, 3.63) is 41.3 Å². The highest BCUT2D eigenvalue weighted by Crippen LogP contribution is 2.20. The molecule has 0 saturated carbocycles. The fraction of sp³-hybridized carbons (Fsp3) is 0.167. The summed E-state index contributed by atoms with van der Waals surface area (Å²) in [7, 11) is 0. The van der Waals surface area contributed by atoms with Crippen molar-refractivity contribution in [2.45, 2.75) is 13.5 Å². The number of anilines is 2. The highest BCUT2D eigenvalue weighted by molar-refractivity contribution is 5.95. The third-order valence-corrected chi connectivity index (χ3v) is 2.40. The molecule has 0 aliphatic heterocycles. The van der Waals surface area contributed by atoms with Crippen LogP contribution in [0.4, 0.5) is 11.4 Å². The fourth-order valence-electron chi connectivity index (χ4n) is 1.58. The van der Waals surface area contributed by atoms with E-state index < -0.39 is 5.97 Å². The molecule has 94 valence electrons. The molecular weight excluding hydrogens is 234 g/mol. The van der Waals surface area contributed by atoms with Gasteiger partial charge >= 0.3 is 5.97 Å². The Morgan fingerprint density at radius 1 is 1.50 bits per heavy atom. The molecule has 0 spiro atoms. The molecule has 0 radical (unpaired) electrons. The van der Waals surface area contributed by atoms with Crippen LogP contribution in [0.2, 0.25) is 0 Å².